The van der Waals surface area contributed by atoms with Crippen LogP contribution in [-0.2, 0) is 9.59 Å². The van der Waals surface area contributed by atoms with Gasteiger partial charge in [0.2, 0.25) is 11.8 Å². The average Bonchev–Trinajstić information content (AvgIpc) is 3.02. The van der Waals surface area contributed by atoms with Crippen LogP contribution >= 0.6 is 0 Å². The number of hydrogen-bond donors (Lipinski definition) is 1. The summed E-state index contributed by atoms with van der Waals surface area (Å²) in [7, 11) is 0. The fraction of sp³-hybridized carbons (Fsp3) is 0.556. The van der Waals surface area contributed by atoms with Crippen LogP contribution in [0.25, 0.3) is 0 Å². The Balaban J connectivity index is 2.13. The lowest BCUT2D eigenvalue weighted by Gasteiger charge is -2.28. The molecule has 5 heteroatoms. The molecule has 0 aliphatic carbocycles. The van der Waals surface area contributed by atoms with Gasteiger partial charge in [-0.2, -0.15) is 0 Å². The van der Waals surface area contributed by atoms with Crippen molar-refractivity contribution in [2.24, 2.45) is 5.41 Å². The van der Waals surface area contributed by atoms with Crippen LogP contribution in [0.5, 0.6) is 5.75 Å². The largest absolute Gasteiger partial charge is 0.489 e. The zero-order valence-corrected chi connectivity index (χ0v) is 14.4. The molecule has 2 rings (SSSR count). The number of benzene rings is 1. The minimum Gasteiger partial charge on any atom is -0.489 e. The van der Waals surface area contributed by atoms with Crippen LogP contribution in [0.15, 0.2) is 24.3 Å². The summed E-state index contributed by atoms with van der Waals surface area (Å²) >= 11 is 0. The highest BCUT2D eigenvalue weighted by atomic mass is 16.5. The maximum absolute atomic E-state index is 12.7. The number of anilines is 1. The highest BCUT2D eigenvalue weighted by Gasteiger charge is 2.40. The molecule has 126 valence electrons. The molecule has 2 amide bonds. The first-order chi connectivity index (χ1) is 10.8. The zero-order chi connectivity index (χ0) is 17.0. The molecule has 0 spiro atoms. The quantitative estimate of drug-likeness (QED) is 0.849. The fourth-order valence-electron chi connectivity index (χ4n) is 2.62. The van der Waals surface area contributed by atoms with E-state index in [4.69, 9.17) is 4.74 Å². The molecular weight excluding hydrogens is 292 g/mol. The Labute approximate surface area is 138 Å². The lowest BCUT2D eigenvalue weighted by atomic mass is 9.90. The zero-order valence-electron chi connectivity index (χ0n) is 14.4. The molecule has 1 heterocycles. The van der Waals surface area contributed by atoms with Crippen molar-refractivity contribution in [2.45, 2.75) is 46.6 Å². The Morgan fingerprint density at radius 1 is 1.17 bits per heavy atom. The molecule has 1 fully saturated rings. The molecule has 0 bridgehead atoms. The highest BCUT2D eigenvalue weighted by Crippen LogP contribution is 2.29. The van der Waals surface area contributed by atoms with Crippen LogP contribution < -0.4 is 10.1 Å². The van der Waals surface area contributed by atoms with Crippen LogP contribution in [0, 0.1) is 5.41 Å². The SMILES string of the molecule is CC(C)Oc1ccccc1NC(=O)C(C)(C)C(=O)N1CCCC1. The van der Waals surface area contributed by atoms with E-state index < -0.39 is 5.41 Å². The van der Waals surface area contributed by atoms with E-state index >= 15 is 0 Å². The lowest BCUT2D eigenvalue weighted by Crippen LogP contribution is -2.46. The predicted molar refractivity (Wildman–Crippen MR) is 90.4 cm³/mol. The van der Waals surface area contributed by atoms with Gasteiger partial charge in [-0.15, -0.1) is 0 Å². The summed E-state index contributed by atoms with van der Waals surface area (Å²) in [4.78, 5) is 27.0. The van der Waals surface area contributed by atoms with Gasteiger partial charge >= 0.3 is 0 Å². The number of rotatable bonds is 5. The standard InChI is InChI=1S/C18H26N2O3/c1-13(2)23-15-10-6-5-9-14(15)19-16(21)18(3,4)17(22)20-11-7-8-12-20/h5-6,9-10,13H,7-8,11-12H2,1-4H3,(H,19,21). The average molecular weight is 318 g/mol. The third-order valence-corrected chi connectivity index (χ3v) is 3.99. The van der Waals surface area contributed by atoms with Crippen molar-refractivity contribution < 1.29 is 14.3 Å². The van der Waals surface area contributed by atoms with Gasteiger partial charge in [-0.05, 0) is 52.7 Å². The Morgan fingerprint density at radius 3 is 2.39 bits per heavy atom. The van der Waals surface area contributed by atoms with Gasteiger partial charge in [0.05, 0.1) is 11.8 Å². The maximum atomic E-state index is 12.7. The van der Waals surface area contributed by atoms with Gasteiger partial charge in [-0.1, -0.05) is 12.1 Å². The highest BCUT2D eigenvalue weighted by molar-refractivity contribution is 6.10. The molecule has 23 heavy (non-hydrogen) atoms. The third-order valence-electron chi connectivity index (χ3n) is 3.99. The number of carbonyl (C=O) groups excluding carboxylic acids is 2. The number of carbonyl (C=O) groups is 2. The summed E-state index contributed by atoms with van der Waals surface area (Å²) in [5.41, 5.74) is -0.511. The summed E-state index contributed by atoms with van der Waals surface area (Å²) in [6, 6.07) is 7.28. The summed E-state index contributed by atoms with van der Waals surface area (Å²) in [6.07, 6.45) is 2.02. The summed E-state index contributed by atoms with van der Waals surface area (Å²) in [5.74, 6) is 0.184. The monoisotopic (exact) mass is 318 g/mol. The second-order valence-corrected chi connectivity index (χ2v) is 6.74. The van der Waals surface area contributed by atoms with Gasteiger partial charge in [0.1, 0.15) is 11.2 Å². The van der Waals surface area contributed by atoms with E-state index in [1.165, 1.54) is 0 Å². The van der Waals surface area contributed by atoms with E-state index in [0.29, 0.717) is 11.4 Å². The normalized spacial score (nSPS) is 14.9. The smallest absolute Gasteiger partial charge is 0.239 e. The predicted octanol–water partition coefficient (Wildman–Crippen LogP) is 3.06. The number of nitrogens with zero attached hydrogens (tertiary/aromatic N) is 1. The summed E-state index contributed by atoms with van der Waals surface area (Å²) in [5, 5.41) is 2.85. The number of para-hydroxylation sites is 2. The fourth-order valence-corrected chi connectivity index (χ4v) is 2.62. The molecule has 5 nitrogen and oxygen atoms in total. The molecule has 1 aliphatic heterocycles. The molecule has 1 saturated heterocycles. The second kappa shape index (κ2) is 7.02. The lowest BCUT2D eigenvalue weighted by molar-refractivity contribution is -0.145. The van der Waals surface area contributed by atoms with Gasteiger partial charge in [0.15, 0.2) is 0 Å². The minimum atomic E-state index is -1.10. The van der Waals surface area contributed by atoms with E-state index in [1.54, 1.807) is 24.8 Å². The van der Waals surface area contributed by atoms with Crippen LogP contribution in [0.1, 0.15) is 40.5 Å². The first-order valence-electron chi connectivity index (χ1n) is 8.19. The van der Waals surface area contributed by atoms with Gasteiger partial charge < -0.3 is 15.0 Å². The van der Waals surface area contributed by atoms with Crippen molar-refractivity contribution in [3.63, 3.8) is 0 Å². The number of hydrogen-bond acceptors (Lipinski definition) is 3. The Morgan fingerprint density at radius 2 is 1.78 bits per heavy atom. The van der Waals surface area contributed by atoms with E-state index in [1.807, 2.05) is 32.0 Å². The van der Waals surface area contributed by atoms with Crippen molar-refractivity contribution in [1.29, 1.82) is 0 Å². The molecule has 1 aromatic carbocycles. The number of likely N-dealkylation sites (tertiary alicyclic amines) is 1. The Kier molecular flexibility index (Phi) is 5.29. The molecule has 0 atom stereocenters. The Bertz CT molecular complexity index is 575. The summed E-state index contributed by atoms with van der Waals surface area (Å²) in [6.45, 7) is 8.69. The molecule has 1 N–H and O–H groups in total. The van der Waals surface area contributed by atoms with Crippen molar-refractivity contribution in [2.75, 3.05) is 18.4 Å². The van der Waals surface area contributed by atoms with Gasteiger partial charge in [-0.25, -0.2) is 0 Å². The molecule has 1 aliphatic rings. The molecule has 0 saturated carbocycles. The molecule has 1 aromatic rings. The molecule has 0 aromatic heterocycles. The van der Waals surface area contributed by atoms with Gasteiger partial charge in [0.25, 0.3) is 0 Å². The molecule has 0 radical (unpaired) electrons. The van der Waals surface area contributed by atoms with E-state index in [-0.39, 0.29) is 17.9 Å². The van der Waals surface area contributed by atoms with Crippen molar-refractivity contribution in [3.8, 4) is 5.75 Å². The number of amides is 2. The van der Waals surface area contributed by atoms with E-state index in [9.17, 15) is 9.59 Å². The first-order valence-corrected chi connectivity index (χ1v) is 8.19. The second-order valence-electron chi connectivity index (χ2n) is 6.74. The third kappa shape index (κ3) is 4.03. The van der Waals surface area contributed by atoms with Crippen molar-refractivity contribution >= 4 is 17.5 Å². The van der Waals surface area contributed by atoms with Crippen LogP contribution in [0.4, 0.5) is 5.69 Å². The van der Waals surface area contributed by atoms with Crippen molar-refractivity contribution in [1.82, 2.24) is 4.90 Å². The minimum absolute atomic E-state index is 0.00675. The first kappa shape index (κ1) is 17.3. The van der Waals surface area contributed by atoms with Crippen molar-refractivity contribution in [3.05, 3.63) is 24.3 Å². The Hall–Kier alpha value is -2.04. The van der Waals surface area contributed by atoms with E-state index in [0.717, 1.165) is 25.9 Å². The number of ether oxygens (including phenoxy) is 1. The van der Waals surface area contributed by atoms with E-state index in [2.05, 4.69) is 5.32 Å². The van der Waals surface area contributed by atoms with Gasteiger partial charge in [-0.3, -0.25) is 9.59 Å². The van der Waals surface area contributed by atoms with Crippen LogP contribution in [-0.4, -0.2) is 35.9 Å². The molecular formula is C18H26N2O3. The summed E-state index contributed by atoms with van der Waals surface area (Å²) < 4.78 is 5.71. The molecule has 0 unspecified atom stereocenters. The van der Waals surface area contributed by atoms with Crippen LogP contribution in [0.2, 0.25) is 0 Å². The van der Waals surface area contributed by atoms with Gasteiger partial charge in [0, 0.05) is 13.1 Å². The number of nitrogens with one attached hydrogen (secondary N) is 1. The topological polar surface area (TPSA) is 58.6 Å². The van der Waals surface area contributed by atoms with Crippen LogP contribution in [0.3, 0.4) is 0 Å². The maximum Gasteiger partial charge on any atom is 0.239 e.